The van der Waals surface area contributed by atoms with Crippen LogP contribution in [0.4, 0.5) is 0 Å². The summed E-state index contributed by atoms with van der Waals surface area (Å²) in [7, 11) is 0. The van der Waals surface area contributed by atoms with E-state index in [0.717, 1.165) is 24.0 Å². The Bertz CT molecular complexity index is 490. The van der Waals surface area contributed by atoms with Crippen molar-refractivity contribution in [3.05, 3.63) is 71.8 Å². The molecular weight excluding hydrogens is 240 g/mol. The molecule has 0 aromatic heterocycles. The molecule has 0 saturated heterocycles. The third kappa shape index (κ3) is 8.16. The highest BCUT2D eigenvalue weighted by Gasteiger charge is 1.89. The molecule has 0 atom stereocenters. The predicted octanol–water partition coefficient (Wildman–Crippen LogP) is 5.73. The predicted molar refractivity (Wildman–Crippen MR) is 91.6 cm³/mol. The minimum Gasteiger partial charge on any atom is -0.0988 e. The van der Waals surface area contributed by atoms with Crippen LogP contribution in [0, 0.1) is 11.8 Å². The number of allylic oxidation sites excluding steroid dienone is 5. The summed E-state index contributed by atoms with van der Waals surface area (Å²) in [6, 6.07) is 10.4. The maximum Gasteiger partial charge on any atom is 0.0205 e. The fraction of sp³-hybridized carbons (Fsp3) is 0.300. The van der Waals surface area contributed by atoms with Gasteiger partial charge in [-0.1, -0.05) is 80.3 Å². The summed E-state index contributed by atoms with van der Waals surface area (Å²) in [5.74, 6) is 6.41. The summed E-state index contributed by atoms with van der Waals surface area (Å²) < 4.78 is 0. The van der Waals surface area contributed by atoms with Gasteiger partial charge in [-0.15, -0.1) is 0 Å². The van der Waals surface area contributed by atoms with Crippen LogP contribution >= 0.6 is 0 Å². The molecule has 1 aromatic rings. The molecule has 0 radical (unpaired) electrons. The van der Waals surface area contributed by atoms with Crippen molar-refractivity contribution in [2.75, 3.05) is 0 Å². The van der Waals surface area contributed by atoms with Crippen LogP contribution in [0.3, 0.4) is 0 Å². The normalized spacial score (nSPS) is 10.8. The number of benzene rings is 1. The Kier molecular flexibility index (Phi) is 10.8. The summed E-state index contributed by atoms with van der Waals surface area (Å²) in [6.07, 6.45) is 7.83. The first kappa shape index (κ1) is 18.0. The molecule has 106 valence electrons. The van der Waals surface area contributed by atoms with Crippen LogP contribution in [0.1, 0.15) is 39.7 Å². The van der Waals surface area contributed by atoms with E-state index in [4.69, 9.17) is 0 Å². The van der Waals surface area contributed by atoms with Gasteiger partial charge in [0.15, 0.2) is 0 Å². The van der Waals surface area contributed by atoms with Crippen molar-refractivity contribution < 1.29 is 0 Å². The Balaban J connectivity index is 0.00000172. The van der Waals surface area contributed by atoms with E-state index in [-0.39, 0.29) is 0 Å². The molecule has 1 aromatic carbocycles. The fourth-order valence-corrected chi connectivity index (χ4v) is 1.51. The second kappa shape index (κ2) is 12.1. The lowest BCUT2D eigenvalue weighted by molar-refractivity contribution is 1.03. The zero-order chi connectivity index (χ0) is 15.2. The fourth-order valence-electron chi connectivity index (χ4n) is 1.51. The first-order valence-corrected chi connectivity index (χ1v) is 7.26. The van der Waals surface area contributed by atoms with E-state index in [0.29, 0.717) is 0 Å². The van der Waals surface area contributed by atoms with Gasteiger partial charge in [-0.2, -0.15) is 0 Å². The Morgan fingerprint density at radius 2 is 1.85 bits per heavy atom. The molecule has 0 nitrogen and oxygen atoms in total. The van der Waals surface area contributed by atoms with Gasteiger partial charge in [0.25, 0.3) is 0 Å². The van der Waals surface area contributed by atoms with Crippen molar-refractivity contribution in [3.8, 4) is 11.8 Å². The summed E-state index contributed by atoms with van der Waals surface area (Å²) in [5.41, 5.74) is 3.53. The van der Waals surface area contributed by atoms with E-state index >= 15 is 0 Å². The third-order valence-corrected chi connectivity index (χ3v) is 2.63. The van der Waals surface area contributed by atoms with Crippen LogP contribution in [0.5, 0.6) is 0 Å². The summed E-state index contributed by atoms with van der Waals surface area (Å²) >= 11 is 0. The van der Waals surface area contributed by atoms with Gasteiger partial charge in [0, 0.05) is 12.0 Å². The van der Waals surface area contributed by atoms with E-state index in [1.165, 1.54) is 5.56 Å². The van der Waals surface area contributed by atoms with Crippen molar-refractivity contribution in [1.29, 1.82) is 0 Å². The van der Waals surface area contributed by atoms with E-state index < -0.39 is 0 Å². The van der Waals surface area contributed by atoms with Gasteiger partial charge in [0.1, 0.15) is 0 Å². The van der Waals surface area contributed by atoms with Crippen LogP contribution < -0.4 is 0 Å². The monoisotopic (exact) mass is 266 g/mol. The molecule has 0 fully saturated rings. The molecule has 0 unspecified atom stereocenters. The van der Waals surface area contributed by atoms with Gasteiger partial charge in [-0.25, -0.2) is 0 Å². The molecule has 20 heavy (non-hydrogen) atoms. The van der Waals surface area contributed by atoms with Crippen molar-refractivity contribution in [2.45, 2.75) is 40.5 Å². The Hall–Kier alpha value is -2.00. The van der Waals surface area contributed by atoms with Crippen LogP contribution in [-0.4, -0.2) is 0 Å². The van der Waals surface area contributed by atoms with E-state index in [1.807, 2.05) is 45.9 Å². The molecule has 1 rings (SSSR count). The zero-order valence-electron chi connectivity index (χ0n) is 13.2. The number of aryl methyl sites for hydroxylation is 1. The SMILES string of the molecule is C=C/C(C)=C\C(C#CCCc1ccccc1)=C/C.CC. The summed E-state index contributed by atoms with van der Waals surface area (Å²) in [6.45, 7) is 11.8. The first-order valence-electron chi connectivity index (χ1n) is 7.26. The number of hydrogen-bond acceptors (Lipinski definition) is 0. The van der Waals surface area contributed by atoms with Crippen molar-refractivity contribution in [1.82, 2.24) is 0 Å². The van der Waals surface area contributed by atoms with Gasteiger partial charge in [-0.3, -0.25) is 0 Å². The van der Waals surface area contributed by atoms with Gasteiger partial charge in [0.2, 0.25) is 0 Å². The maximum absolute atomic E-state index is 3.74. The van der Waals surface area contributed by atoms with Crippen LogP contribution in [-0.2, 0) is 6.42 Å². The van der Waals surface area contributed by atoms with Gasteiger partial charge >= 0.3 is 0 Å². The zero-order valence-corrected chi connectivity index (χ0v) is 13.2. The molecule has 0 N–H and O–H groups in total. The molecule has 0 amide bonds. The highest BCUT2D eigenvalue weighted by atomic mass is 13.9. The Morgan fingerprint density at radius 1 is 1.20 bits per heavy atom. The van der Waals surface area contributed by atoms with Crippen molar-refractivity contribution in [3.63, 3.8) is 0 Å². The summed E-state index contributed by atoms with van der Waals surface area (Å²) in [5, 5.41) is 0. The smallest absolute Gasteiger partial charge is 0.0205 e. The van der Waals surface area contributed by atoms with Gasteiger partial charge < -0.3 is 0 Å². The van der Waals surface area contributed by atoms with E-state index in [9.17, 15) is 0 Å². The topological polar surface area (TPSA) is 0 Å². The standard InChI is InChI=1S/C18H20.C2H6/c1-4-16(3)15-17(5-2)11-9-10-14-18-12-7-6-8-13-18;1-2/h4-8,12-13,15H,1,10,14H2,2-3H3;1-2H3/b16-15-,17-5-;. The number of rotatable bonds is 4. The largest absolute Gasteiger partial charge is 0.0988 e. The first-order chi connectivity index (χ1) is 9.76. The Morgan fingerprint density at radius 3 is 2.40 bits per heavy atom. The molecule has 0 saturated carbocycles. The second-order valence-electron chi connectivity index (χ2n) is 4.12. The lowest BCUT2D eigenvalue weighted by atomic mass is 10.1. The average Bonchev–Trinajstić information content (AvgIpc) is 2.53. The molecule has 0 heteroatoms. The lowest BCUT2D eigenvalue weighted by Gasteiger charge is -1.95. The quantitative estimate of drug-likeness (QED) is 0.482. The van der Waals surface area contributed by atoms with Crippen molar-refractivity contribution >= 4 is 0 Å². The van der Waals surface area contributed by atoms with Crippen LogP contribution in [0.15, 0.2) is 66.3 Å². The van der Waals surface area contributed by atoms with E-state index in [1.54, 1.807) is 0 Å². The minimum atomic E-state index is 0.891. The second-order valence-corrected chi connectivity index (χ2v) is 4.12. The molecule has 0 spiro atoms. The molecule has 0 aliphatic rings. The van der Waals surface area contributed by atoms with Crippen LogP contribution in [0.25, 0.3) is 0 Å². The molecular formula is C20H26. The van der Waals surface area contributed by atoms with E-state index in [2.05, 4.69) is 48.8 Å². The van der Waals surface area contributed by atoms with Gasteiger partial charge in [0.05, 0.1) is 0 Å². The van der Waals surface area contributed by atoms with Crippen molar-refractivity contribution in [2.24, 2.45) is 0 Å². The number of hydrogen-bond donors (Lipinski definition) is 0. The minimum absolute atomic E-state index is 0.891. The third-order valence-electron chi connectivity index (χ3n) is 2.63. The average molecular weight is 266 g/mol. The summed E-state index contributed by atoms with van der Waals surface area (Å²) in [4.78, 5) is 0. The van der Waals surface area contributed by atoms with Crippen LogP contribution in [0.2, 0.25) is 0 Å². The van der Waals surface area contributed by atoms with Gasteiger partial charge in [-0.05, 0) is 31.9 Å². The highest BCUT2D eigenvalue weighted by Crippen LogP contribution is 2.04. The lowest BCUT2D eigenvalue weighted by Crippen LogP contribution is -1.82. The molecule has 0 bridgehead atoms. The Labute approximate surface area is 124 Å². The highest BCUT2D eigenvalue weighted by molar-refractivity contribution is 5.41. The molecule has 0 heterocycles. The molecule has 0 aliphatic heterocycles. The molecule has 0 aliphatic carbocycles. The maximum atomic E-state index is 3.74.